The number of thioether (sulfide) groups is 1. The van der Waals surface area contributed by atoms with E-state index in [0.717, 1.165) is 23.5 Å². The molecule has 0 atom stereocenters. The molecule has 1 aliphatic carbocycles. The Morgan fingerprint density at radius 2 is 1.71 bits per heavy atom. The lowest BCUT2D eigenvalue weighted by molar-refractivity contribution is -0.118. The van der Waals surface area contributed by atoms with Crippen molar-refractivity contribution in [1.82, 2.24) is 20.1 Å². The highest BCUT2D eigenvalue weighted by Crippen LogP contribution is 2.32. The molecule has 184 valence electrons. The highest BCUT2D eigenvalue weighted by atomic mass is 32.2. The Kier molecular flexibility index (Phi) is 8.74. The molecule has 1 saturated carbocycles. The minimum atomic E-state index is -0.0356. The molecule has 1 aliphatic rings. The Morgan fingerprint density at radius 1 is 1.00 bits per heavy atom. The molecule has 4 rings (SSSR count). The first-order valence-electron chi connectivity index (χ1n) is 12.5. The van der Waals surface area contributed by atoms with Gasteiger partial charge in [-0.05, 0) is 49.8 Å². The van der Waals surface area contributed by atoms with Gasteiger partial charge in [-0.3, -0.25) is 14.2 Å². The number of aryl methyl sites for hydroxylation is 2. The van der Waals surface area contributed by atoms with Gasteiger partial charge < -0.3 is 5.32 Å². The highest BCUT2D eigenvalue weighted by Gasteiger charge is 2.18. The molecule has 6 nitrogen and oxygen atoms in total. The van der Waals surface area contributed by atoms with Gasteiger partial charge in [-0.25, -0.2) is 0 Å². The Bertz CT molecular complexity index is 1130. The van der Waals surface area contributed by atoms with Crippen molar-refractivity contribution in [2.75, 3.05) is 12.3 Å². The number of nitrogens with one attached hydrogen (secondary N) is 1. The summed E-state index contributed by atoms with van der Waals surface area (Å²) in [5.41, 5.74) is 4.25. The van der Waals surface area contributed by atoms with Crippen LogP contribution in [0, 0.1) is 6.92 Å². The Morgan fingerprint density at radius 3 is 2.40 bits per heavy atom. The van der Waals surface area contributed by atoms with E-state index in [-0.39, 0.29) is 11.7 Å². The van der Waals surface area contributed by atoms with Gasteiger partial charge in [0.1, 0.15) is 5.82 Å². The smallest absolute Gasteiger partial charge is 0.216 e. The van der Waals surface area contributed by atoms with Crippen LogP contribution in [0.25, 0.3) is 5.69 Å². The zero-order chi connectivity index (χ0) is 24.6. The van der Waals surface area contributed by atoms with Crippen molar-refractivity contribution in [2.45, 2.75) is 69.9 Å². The maximum Gasteiger partial charge on any atom is 0.216 e. The van der Waals surface area contributed by atoms with Gasteiger partial charge in [0.25, 0.3) is 0 Å². The van der Waals surface area contributed by atoms with E-state index in [1.165, 1.54) is 61.9 Å². The van der Waals surface area contributed by atoms with E-state index >= 15 is 0 Å². The summed E-state index contributed by atoms with van der Waals surface area (Å²) < 4.78 is 2.03. The summed E-state index contributed by atoms with van der Waals surface area (Å²) in [6.45, 7) is 4.16. The normalized spacial score (nSPS) is 14.1. The summed E-state index contributed by atoms with van der Waals surface area (Å²) in [5.74, 6) is 1.83. The van der Waals surface area contributed by atoms with E-state index in [1.54, 1.807) is 0 Å². The molecule has 1 fully saturated rings. The predicted molar refractivity (Wildman–Crippen MR) is 140 cm³/mol. The molecule has 0 aliphatic heterocycles. The Labute approximate surface area is 211 Å². The molecule has 2 aromatic carbocycles. The number of hydrogen-bond donors (Lipinski definition) is 1. The number of rotatable bonds is 10. The lowest BCUT2D eigenvalue weighted by Crippen LogP contribution is -2.21. The van der Waals surface area contributed by atoms with Crippen LogP contribution in [0.1, 0.15) is 78.7 Å². The predicted octanol–water partition coefficient (Wildman–Crippen LogP) is 5.67. The molecule has 0 saturated heterocycles. The van der Waals surface area contributed by atoms with Crippen molar-refractivity contribution < 1.29 is 9.59 Å². The molecule has 1 heterocycles. The van der Waals surface area contributed by atoms with Crippen LogP contribution in [0.2, 0.25) is 0 Å². The van der Waals surface area contributed by atoms with E-state index in [9.17, 15) is 9.59 Å². The number of benzene rings is 2. The third kappa shape index (κ3) is 6.82. The molecule has 0 spiro atoms. The van der Waals surface area contributed by atoms with E-state index in [0.29, 0.717) is 29.8 Å². The number of Topliss-reactive ketones (excluding diaryl/α,β-unsaturated/α-hetero) is 1. The third-order valence-corrected chi connectivity index (χ3v) is 7.51. The van der Waals surface area contributed by atoms with Gasteiger partial charge >= 0.3 is 0 Å². The van der Waals surface area contributed by atoms with Crippen molar-refractivity contribution in [1.29, 1.82) is 0 Å². The molecule has 1 aromatic heterocycles. The van der Waals surface area contributed by atoms with Crippen molar-refractivity contribution in [3.8, 4) is 5.69 Å². The van der Waals surface area contributed by atoms with Crippen LogP contribution in [-0.2, 0) is 11.2 Å². The van der Waals surface area contributed by atoms with Gasteiger partial charge in [0, 0.05) is 31.1 Å². The molecule has 0 bridgehead atoms. The van der Waals surface area contributed by atoms with Gasteiger partial charge in [-0.2, -0.15) is 0 Å². The fourth-order valence-electron chi connectivity index (χ4n) is 4.61. The fraction of sp³-hybridized carbons (Fsp3) is 0.429. The molecule has 7 heteroatoms. The Balaban J connectivity index is 1.44. The van der Waals surface area contributed by atoms with E-state index in [2.05, 4.69) is 46.7 Å². The lowest BCUT2D eigenvalue weighted by atomic mass is 9.84. The first-order chi connectivity index (χ1) is 17.0. The summed E-state index contributed by atoms with van der Waals surface area (Å²) in [4.78, 5) is 24.1. The second-order valence-corrected chi connectivity index (χ2v) is 10.3. The second-order valence-electron chi connectivity index (χ2n) is 9.33. The number of ketones is 1. The first-order valence-corrected chi connectivity index (χ1v) is 13.5. The minimum Gasteiger partial charge on any atom is -0.356 e. The van der Waals surface area contributed by atoms with Crippen molar-refractivity contribution in [3.63, 3.8) is 0 Å². The zero-order valence-electron chi connectivity index (χ0n) is 20.6. The number of nitrogens with zero attached hydrogens (tertiary/aromatic N) is 3. The number of carbonyl (C=O) groups is 2. The SMILES string of the molecule is CC(=O)NCCCc1nnc(SCC(=O)c2ccc(C3CCCCC3)cc2)n1-c1ccc(C)cc1. The highest BCUT2D eigenvalue weighted by molar-refractivity contribution is 7.99. The molecule has 3 aromatic rings. The maximum atomic E-state index is 13.0. The van der Waals surface area contributed by atoms with Crippen molar-refractivity contribution >= 4 is 23.5 Å². The van der Waals surface area contributed by atoms with E-state index in [4.69, 9.17) is 0 Å². The fourth-order valence-corrected chi connectivity index (χ4v) is 5.48. The first kappa shape index (κ1) is 25.2. The van der Waals surface area contributed by atoms with Gasteiger partial charge in [0.2, 0.25) is 5.91 Å². The molecule has 1 amide bonds. The summed E-state index contributed by atoms with van der Waals surface area (Å²) in [6.07, 6.45) is 7.90. The number of hydrogen-bond acceptors (Lipinski definition) is 5. The van der Waals surface area contributed by atoms with Crippen LogP contribution in [0.4, 0.5) is 0 Å². The van der Waals surface area contributed by atoms with Gasteiger partial charge in [0.05, 0.1) is 5.75 Å². The summed E-state index contributed by atoms with van der Waals surface area (Å²) in [7, 11) is 0. The topological polar surface area (TPSA) is 76.9 Å². The number of carbonyl (C=O) groups excluding carboxylic acids is 2. The van der Waals surface area contributed by atoms with E-state index in [1.807, 2.05) is 28.8 Å². The van der Waals surface area contributed by atoms with Crippen molar-refractivity contribution in [3.05, 3.63) is 71.0 Å². The molecule has 0 radical (unpaired) electrons. The molecule has 35 heavy (non-hydrogen) atoms. The number of aromatic nitrogens is 3. The largest absolute Gasteiger partial charge is 0.356 e. The van der Waals surface area contributed by atoms with Crippen LogP contribution in [0.15, 0.2) is 53.7 Å². The Hall–Kier alpha value is -2.93. The average molecular weight is 491 g/mol. The van der Waals surface area contributed by atoms with Crippen LogP contribution in [0.5, 0.6) is 0 Å². The summed E-state index contributed by atoms with van der Waals surface area (Å²) in [5, 5.41) is 12.4. The molecular formula is C28H34N4O2S. The monoisotopic (exact) mass is 490 g/mol. The molecular weight excluding hydrogens is 456 g/mol. The van der Waals surface area contributed by atoms with Crippen molar-refractivity contribution in [2.24, 2.45) is 0 Å². The van der Waals surface area contributed by atoms with Gasteiger partial charge in [-0.1, -0.05) is 73.0 Å². The van der Waals surface area contributed by atoms with Crippen LogP contribution < -0.4 is 5.32 Å². The standard InChI is InChI=1S/C28H34N4O2S/c1-20-10-16-25(17-11-20)32-27(9-6-18-29-21(2)33)30-31-28(32)35-19-26(34)24-14-12-23(13-15-24)22-7-4-3-5-8-22/h10-17,22H,3-9,18-19H2,1-2H3,(H,29,33). The molecule has 1 N–H and O–H groups in total. The molecule has 0 unspecified atom stereocenters. The maximum absolute atomic E-state index is 13.0. The van der Waals surface area contributed by atoms with Gasteiger partial charge in [0.15, 0.2) is 10.9 Å². The minimum absolute atomic E-state index is 0.0356. The third-order valence-electron chi connectivity index (χ3n) is 6.59. The van der Waals surface area contributed by atoms with Crippen LogP contribution in [-0.4, -0.2) is 38.8 Å². The van der Waals surface area contributed by atoms with Crippen LogP contribution in [0.3, 0.4) is 0 Å². The summed E-state index contributed by atoms with van der Waals surface area (Å²) in [6, 6.07) is 16.4. The van der Waals surface area contributed by atoms with Crippen LogP contribution >= 0.6 is 11.8 Å². The number of amides is 1. The quantitative estimate of drug-likeness (QED) is 0.225. The second kappa shape index (κ2) is 12.2. The average Bonchev–Trinajstić information content (AvgIpc) is 3.29. The van der Waals surface area contributed by atoms with Gasteiger partial charge in [-0.15, -0.1) is 10.2 Å². The zero-order valence-corrected chi connectivity index (χ0v) is 21.4. The lowest BCUT2D eigenvalue weighted by Gasteiger charge is -2.22. The van der Waals surface area contributed by atoms with E-state index < -0.39 is 0 Å². The summed E-state index contributed by atoms with van der Waals surface area (Å²) >= 11 is 1.42.